The predicted molar refractivity (Wildman–Crippen MR) is 104 cm³/mol. The fraction of sp³-hybridized carbons (Fsp3) is 0.250. The summed E-state index contributed by atoms with van der Waals surface area (Å²) in [5, 5.41) is 0. The number of hydrogen-bond acceptors (Lipinski definition) is 3. The van der Waals surface area contributed by atoms with E-state index < -0.39 is 10.0 Å². The largest absolute Gasteiger partial charge is 0.339 e. The van der Waals surface area contributed by atoms with Crippen LogP contribution >= 0.6 is 0 Å². The summed E-state index contributed by atoms with van der Waals surface area (Å²) in [5.74, 6) is -0.0599. The summed E-state index contributed by atoms with van der Waals surface area (Å²) in [7, 11) is -2.07. The molecule has 0 aliphatic heterocycles. The van der Waals surface area contributed by atoms with Crippen molar-refractivity contribution >= 4 is 22.0 Å². The van der Waals surface area contributed by atoms with Crippen molar-refractivity contribution in [3.8, 4) is 0 Å². The van der Waals surface area contributed by atoms with Gasteiger partial charge in [-0.1, -0.05) is 42.5 Å². The minimum absolute atomic E-state index is 0.0599. The maximum atomic E-state index is 12.4. The van der Waals surface area contributed by atoms with E-state index >= 15 is 0 Å². The Hall–Kier alpha value is -2.44. The molecule has 0 bridgehead atoms. The molecule has 1 N–H and O–H groups in total. The van der Waals surface area contributed by atoms with Crippen LogP contribution in [0.1, 0.15) is 18.1 Å². The molecule has 5 nitrogen and oxygen atoms in total. The van der Waals surface area contributed by atoms with Gasteiger partial charge in [-0.2, -0.15) is 0 Å². The number of amides is 1. The van der Waals surface area contributed by atoms with E-state index in [1.54, 1.807) is 23.1 Å². The van der Waals surface area contributed by atoms with Crippen molar-refractivity contribution in [1.29, 1.82) is 0 Å². The molecule has 2 aromatic rings. The van der Waals surface area contributed by atoms with Gasteiger partial charge in [0.15, 0.2) is 0 Å². The maximum absolute atomic E-state index is 12.4. The topological polar surface area (TPSA) is 66.5 Å². The lowest BCUT2D eigenvalue weighted by atomic mass is 10.1. The maximum Gasteiger partial charge on any atom is 0.246 e. The lowest BCUT2D eigenvalue weighted by molar-refractivity contribution is -0.125. The Morgan fingerprint density at radius 1 is 1.08 bits per heavy atom. The van der Waals surface area contributed by atoms with Crippen LogP contribution in [-0.4, -0.2) is 39.4 Å². The minimum Gasteiger partial charge on any atom is -0.339 e. The highest BCUT2D eigenvalue weighted by Gasteiger charge is 2.10. The van der Waals surface area contributed by atoms with E-state index in [0.717, 1.165) is 12.0 Å². The number of hydrogen-bond donors (Lipinski definition) is 1. The minimum atomic E-state index is -3.45. The molecule has 0 spiro atoms. The third kappa shape index (κ3) is 5.54. The third-order valence-electron chi connectivity index (χ3n) is 4.08. The molecule has 0 aliphatic carbocycles. The molecule has 1 amide bonds. The van der Waals surface area contributed by atoms with E-state index in [-0.39, 0.29) is 10.8 Å². The van der Waals surface area contributed by atoms with E-state index in [1.807, 2.05) is 25.1 Å². The molecule has 0 aromatic heterocycles. The van der Waals surface area contributed by atoms with Crippen LogP contribution in [-0.2, 0) is 21.2 Å². The lowest BCUT2D eigenvalue weighted by Crippen LogP contribution is -2.31. The fourth-order valence-electron chi connectivity index (χ4n) is 2.48. The zero-order valence-corrected chi connectivity index (χ0v) is 15.9. The second kappa shape index (κ2) is 9.31. The van der Waals surface area contributed by atoms with Crippen LogP contribution in [0.2, 0.25) is 0 Å². The van der Waals surface area contributed by atoms with Gasteiger partial charge in [0.05, 0.1) is 4.90 Å². The molecule has 0 radical (unpaired) electrons. The first kappa shape index (κ1) is 19.9. The Morgan fingerprint density at radius 3 is 2.31 bits per heavy atom. The summed E-state index contributed by atoms with van der Waals surface area (Å²) >= 11 is 0. The van der Waals surface area contributed by atoms with Gasteiger partial charge in [0.1, 0.15) is 0 Å². The smallest absolute Gasteiger partial charge is 0.246 e. The summed E-state index contributed by atoms with van der Waals surface area (Å²) < 4.78 is 25.7. The van der Waals surface area contributed by atoms with E-state index in [2.05, 4.69) is 16.9 Å². The zero-order valence-electron chi connectivity index (χ0n) is 15.1. The monoisotopic (exact) mass is 372 g/mol. The molecule has 0 fully saturated rings. The number of carbonyl (C=O) groups excluding carboxylic acids is 1. The van der Waals surface area contributed by atoms with Crippen LogP contribution in [0, 0.1) is 0 Å². The van der Waals surface area contributed by atoms with Gasteiger partial charge in [-0.15, -0.1) is 0 Å². The summed E-state index contributed by atoms with van der Waals surface area (Å²) in [6, 6.07) is 16.4. The molecule has 0 heterocycles. The third-order valence-corrected chi connectivity index (χ3v) is 5.51. The number of benzene rings is 2. The second-order valence-corrected chi connectivity index (χ2v) is 7.65. The average Bonchev–Trinajstić information content (AvgIpc) is 2.68. The number of likely N-dealkylation sites (N-methyl/N-ethyl adjacent to an activating group) is 1. The second-order valence-electron chi connectivity index (χ2n) is 5.76. The first-order chi connectivity index (χ1) is 12.5. The van der Waals surface area contributed by atoms with E-state index in [4.69, 9.17) is 0 Å². The Kier molecular flexibility index (Phi) is 7.12. The van der Waals surface area contributed by atoms with Gasteiger partial charge < -0.3 is 4.90 Å². The molecule has 0 saturated carbocycles. The standard InChI is InChI=1S/C20H24N2O3S/c1-3-22(16-15-17-7-5-4-6-8-17)20(23)14-11-18-9-12-19(13-10-18)26(24,25)21-2/h4-14,21H,3,15-16H2,1-2H3/b14-11+. The number of carbonyl (C=O) groups is 1. The van der Waals surface area contributed by atoms with Crippen molar-refractivity contribution < 1.29 is 13.2 Å². The molecule has 2 rings (SSSR count). The highest BCUT2D eigenvalue weighted by Crippen LogP contribution is 2.11. The highest BCUT2D eigenvalue weighted by atomic mass is 32.2. The molecule has 0 atom stereocenters. The van der Waals surface area contributed by atoms with Gasteiger partial charge in [0.2, 0.25) is 15.9 Å². The Bertz CT molecular complexity index is 844. The van der Waals surface area contributed by atoms with E-state index in [9.17, 15) is 13.2 Å². The SMILES string of the molecule is CCN(CCc1ccccc1)C(=O)/C=C/c1ccc(S(=O)(=O)NC)cc1. The van der Waals surface area contributed by atoms with Gasteiger partial charge in [0.25, 0.3) is 0 Å². The lowest BCUT2D eigenvalue weighted by Gasteiger charge is -2.19. The molecule has 0 unspecified atom stereocenters. The molecule has 6 heteroatoms. The van der Waals surface area contributed by atoms with Crippen molar-refractivity contribution in [3.63, 3.8) is 0 Å². The van der Waals surface area contributed by atoms with E-state index in [0.29, 0.717) is 13.1 Å². The molecule has 2 aromatic carbocycles. The van der Waals surface area contributed by atoms with Gasteiger partial charge in [-0.25, -0.2) is 13.1 Å². The van der Waals surface area contributed by atoms with Crippen LogP contribution < -0.4 is 4.72 Å². The first-order valence-corrected chi connectivity index (χ1v) is 9.99. The number of rotatable bonds is 8. The van der Waals surface area contributed by atoms with Crippen LogP contribution in [0.15, 0.2) is 65.6 Å². The van der Waals surface area contributed by atoms with Gasteiger partial charge in [-0.3, -0.25) is 4.79 Å². The van der Waals surface area contributed by atoms with Crippen LogP contribution in [0.4, 0.5) is 0 Å². The van der Waals surface area contributed by atoms with E-state index in [1.165, 1.54) is 30.8 Å². The summed E-state index contributed by atoms with van der Waals surface area (Å²) in [6.45, 7) is 3.24. The fourth-order valence-corrected chi connectivity index (χ4v) is 3.21. The Morgan fingerprint density at radius 2 is 1.73 bits per heavy atom. The highest BCUT2D eigenvalue weighted by molar-refractivity contribution is 7.89. The average molecular weight is 372 g/mol. The molecular formula is C20H24N2O3S. The Labute approximate surface area is 155 Å². The van der Waals surface area contributed by atoms with Crippen molar-refractivity contribution in [2.75, 3.05) is 20.1 Å². The van der Waals surface area contributed by atoms with Gasteiger partial charge in [0, 0.05) is 19.2 Å². The molecule has 0 saturated heterocycles. The van der Waals surface area contributed by atoms with Gasteiger partial charge in [-0.05, 0) is 49.7 Å². The Balaban J connectivity index is 1.98. The number of nitrogens with zero attached hydrogens (tertiary/aromatic N) is 1. The van der Waals surface area contributed by atoms with Gasteiger partial charge >= 0.3 is 0 Å². The molecular weight excluding hydrogens is 348 g/mol. The van der Waals surface area contributed by atoms with Crippen LogP contribution in [0.3, 0.4) is 0 Å². The predicted octanol–water partition coefficient (Wildman–Crippen LogP) is 2.70. The van der Waals surface area contributed by atoms with Crippen molar-refractivity contribution in [2.24, 2.45) is 0 Å². The zero-order chi connectivity index (χ0) is 19.0. The van der Waals surface area contributed by atoms with Crippen molar-refractivity contribution in [1.82, 2.24) is 9.62 Å². The molecule has 26 heavy (non-hydrogen) atoms. The summed E-state index contributed by atoms with van der Waals surface area (Å²) in [6.07, 6.45) is 4.03. The normalized spacial score (nSPS) is 11.6. The summed E-state index contributed by atoms with van der Waals surface area (Å²) in [5.41, 5.74) is 1.97. The first-order valence-electron chi connectivity index (χ1n) is 8.51. The summed E-state index contributed by atoms with van der Waals surface area (Å²) in [4.78, 5) is 14.4. The quantitative estimate of drug-likeness (QED) is 0.725. The van der Waals surface area contributed by atoms with Crippen molar-refractivity contribution in [2.45, 2.75) is 18.2 Å². The van der Waals surface area contributed by atoms with Crippen LogP contribution in [0.5, 0.6) is 0 Å². The molecule has 138 valence electrons. The number of nitrogens with one attached hydrogen (secondary N) is 1. The number of sulfonamides is 1. The van der Waals surface area contributed by atoms with Crippen LogP contribution in [0.25, 0.3) is 6.08 Å². The molecule has 0 aliphatic rings. The van der Waals surface area contributed by atoms with Crippen molar-refractivity contribution in [3.05, 3.63) is 71.8 Å².